The number of ether oxygens (including phenoxy) is 1. The second-order valence-electron chi connectivity index (χ2n) is 7.61. The van der Waals surface area contributed by atoms with E-state index in [9.17, 15) is 9.59 Å². The molecule has 2 N–H and O–H groups in total. The standard InChI is InChI=1S/C22H40O4.K.Na.H3O4P/c1-2-3-4-5-6-7-8-9-10-11-12-13-14-15-16-17-20-26-22(25)19-18-21(23)24;;;1-5(2,3)4/h18-19H,2-17,20H2,1H3,(H,23,24);;;(H3,1,2,3,4)/q;2*+1;/p-2. The fourth-order valence-electron chi connectivity index (χ4n) is 3.01. The van der Waals surface area contributed by atoms with E-state index in [0.717, 1.165) is 25.0 Å². The number of hydrogen-bond donors (Lipinski definition) is 2. The van der Waals surface area contributed by atoms with Crippen LogP contribution < -0.4 is 90.7 Å². The van der Waals surface area contributed by atoms with Gasteiger partial charge in [-0.15, -0.1) is 0 Å². The molecule has 0 aliphatic carbocycles. The summed E-state index contributed by atoms with van der Waals surface area (Å²) in [6, 6.07) is 0. The molecule has 0 aromatic carbocycles. The molecule has 0 atom stereocenters. The van der Waals surface area contributed by atoms with Gasteiger partial charge in [-0.25, -0.2) is 9.59 Å². The summed E-state index contributed by atoms with van der Waals surface area (Å²) in [5, 5.41) is 8.39. The van der Waals surface area contributed by atoms with Gasteiger partial charge >= 0.3 is 92.9 Å². The number of carbonyl (C=O) groups is 2. The third-order valence-corrected chi connectivity index (χ3v) is 4.60. The molecule has 184 valence electrons. The van der Waals surface area contributed by atoms with E-state index in [1.807, 2.05) is 0 Å². The van der Waals surface area contributed by atoms with E-state index in [4.69, 9.17) is 29.1 Å². The van der Waals surface area contributed by atoms with E-state index in [1.165, 1.54) is 89.9 Å². The molecule has 0 amide bonds. The van der Waals surface area contributed by atoms with Gasteiger partial charge in [-0.3, -0.25) is 0 Å². The van der Waals surface area contributed by atoms with Gasteiger partial charge in [0.25, 0.3) is 0 Å². The second kappa shape index (κ2) is 31.5. The third kappa shape index (κ3) is 51.1. The van der Waals surface area contributed by atoms with Crippen molar-refractivity contribution in [3.8, 4) is 0 Å². The van der Waals surface area contributed by atoms with Gasteiger partial charge in [0.05, 0.1) is 14.4 Å². The first kappa shape index (κ1) is 41.5. The summed E-state index contributed by atoms with van der Waals surface area (Å²) in [6.07, 6.45) is 22.7. The van der Waals surface area contributed by atoms with Crippen molar-refractivity contribution < 1.29 is 120 Å². The number of phosphoric acid groups is 1. The SMILES string of the molecule is CCCCCCCCCCCCCCCCCCOC(=O)C=CC(=O)O.O=P([O-])([O-])O.[K+].[Na+]. The summed E-state index contributed by atoms with van der Waals surface area (Å²) in [6.45, 7) is 2.64. The molecule has 0 rings (SSSR count). The van der Waals surface area contributed by atoms with Crippen molar-refractivity contribution in [3.63, 3.8) is 0 Å². The Kier molecular flexibility index (Phi) is 39.6. The van der Waals surface area contributed by atoms with E-state index in [2.05, 4.69) is 6.92 Å². The Balaban J connectivity index is -0.000000539. The third-order valence-electron chi connectivity index (χ3n) is 4.60. The summed E-state index contributed by atoms with van der Waals surface area (Å²) >= 11 is 0. The van der Waals surface area contributed by atoms with Crippen LogP contribution in [0.15, 0.2) is 12.2 Å². The minimum atomic E-state index is -5.14. The normalized spacial score (nSPS) is 10.5. The van der Waals surface area contributed by atoms with Crippen LogP contribution in [-0.4, -0.2) is 28.5 Å². The Morgan fingerprint density at radius 1 is 0.758 bits per heavy atom. The molecule has 0 aliphatic rings. The molecule has 8 nitrogen and oxygen atoms in total. The maximum Gasteiger partial charge on any atom is 1.00 e. The van der Waals surface area contributed by atoms with Gasteiger partial charge in [-0.05, 0) is 6.42 Å². The van der Waals surface area contributed by atoms with Gasteiger partial charge in [-0.1, -0.05) is 103 Å². The van der Waals surface area contributed by atoms with Crippen LogP contribution in [0.5, 0.6) is 0 Å². The van der Waals surface area contributed by atoms with Crippen molar-refractivity contribution in [1.29, 1.82) is 0 Å². The first-order chi connectivity index (χ1) is 14.7. The fourth-order valence-corrected chi connectivity index (χ4v) is 3.01. The van der Waals surface area contributed by atoms with Crippen LogP contribution in [0.2, 0.25) is 0 Å². The van der Waals surface area contributed by atoms with Gasteiger partial charge in [0.15, 0.2) is 0 Å². The predicted octanol–water partition coefficient (Wildman–Crippen LogP) is -1.75. The van der Waals surface area contributed by atoms with E-state index in [0.29, 0.717) is 6.61 Å². The molecular weight excluding hydrogens is 485 g/mol. The molecule has 0 aromatic rings. The summed E-state index contributed by atoms with van der Waals surface area (Å²) < 4.78 is 13.6. The van der Waals surface area contributed by atoms with Crippen molar-refractivity contribution in [2.45, 2.75) is 110 Å². The van der Waals surface area contributed by atoms with Crippen molar-refractivity contribution in [3.05, 3.63) is 12.2 Å². The second-order valence-corrected chi connectivity index (χ2v) is 8.55. The molecule has 0 radical (unpaired) electrons. The summed E-state index contributed by atoms with van der Waals surface area (Å²) in [5.74, 6) is -1.71. The number of hydrogen-bond acceptors (Lipinski definition) is 6. The maximum absolute atomic E-state index is 11.1. The van der Waals surface area contributed by atoms with Crippen LogP contribution in [0.3, 0.4) is 0 Å². The van der Waals surface area contributed by atoms with Crippen LogP contribution in [0.25, 0.3) is 0 Å². The smallest absolute Gasteiger partial charge is 0.790 e. The van der Waals surface area contributed by atoms with Crippen LogP contribution >= 0.6 is 7.82 Å². The van der Waals surface area contributed by atoms with E-state index < -0.39 is 19.8 Å². The molecule has 0 unspecified atom stereocenters. The average Bonchev–Trinajstić information content (AvgIpc) is 2.67. The molecule has 11 heteroatoms. The van der Waals surface area contributed by atoms with E-state index in [1.54, 1.807) is 0 Å². The topological polar surface area (TPSA) is 147 Å². The number of carbonyl (C=O) groups excluding carboxylic acids is 1. The van der Waals surface area contributed by atoms with Gasteiger partial charge < -0.3 is 29.1 Å². The Morgan fingerprint density at radius 3 is 1.36 bits per heavy atom. The van der Waals surface area contributed by atoms with Gasteiger partial charge in [0, 0.05) is 12.2 Å². The van der Waals surface area contributed by atoms with Gasteiger partial charge in [-0.2, -0.15) is 0 Å². The largest absolute Gasteiger partial charge is 1.00 e. The zero-order chi connectivity index (χ0) is 23.8. The van der Waals surface area contributed by atoms with Crippen LogP contribution in [-0.2, 0) is 18.9 Å². The monoisotopic (exact) mass is 526 g/mol. The van der Waals surface area contributed by atoms with Crippen molar-refractivity contribution in [1.82, 2.24) is 0 Å². The Morgan fingerprint density at radius 2 is 1.06 bits per heavy atom. The molecule has 33 heavy (non-hydrogen) atoms. The molecule has 0 saturated heterocycles. The summed E-state index contributed by atoms with van der Waals surface area (Å²) in [5.41, 5.74) is 0. The molecule has 0 fully saturated rings. The van der Waals surface area contributed by atoms with Gasteiger partial charge in [0.2, 0.25) is 0 Å². The number of esters is 1. The van der Waals surface area contributed by atoms with Crippen molar-refractivity contribution >= 4 is 19.8 Å². The van der Waals surface area contributed by atoms with E-state index >= 15 is 0 Å². The number of rotatable bonds is 19. The van der Waals surface area contributed by atoms with Crippen molar-refractivity contribution in [2.24, 2.45) is 0 Å². The number of unbranched alkanes of at least 4 members (excludes halogenated alkanes) is 15. The average molecular weight is 527 g/mol. The quantitative estimate of drug-likeness (QED) is 0.0662. The molecular formula is C22H41KNaO8P. The Bertz CT molecular complexity index is 506. The summed E-state index contributed by atoms with van der Waals surface area (Å²) in [7, 11) is -5.14. The number of carboxylic acid groups (broad SMARTS) is 1. The molecule has 0 bridgehead atoms. The van der Waals surface area contributed by atoms with E-state index in [-0.39, 0.29) is 80.9 Å². The zero-order valence-corrected chi connectivity index (χ0v) is 27.0. The number of aliphatic carboxylic acids is 1. The van der Waals surface area contributed by atoms with Crippen LogP contribution in [0, 0.1) is 0 Å². The van der Waals surface area contributed by atoms with Crippen LogP contribution in [0.1, 0.15) is 110 Å². The minimum Gasteiger partial charge on any atom is -0.790 e. The van der Waals surface area contributed by atoms with Gasteiger partial charge in [0.1, 0.15) is 0 Å². The predicted molar refractivity (Wildman–Crippen MR) is 117 cm³/mol. The molecule has 0 aliphatic heterocycles. The Hall–Kier alpha value is 1.43. The molecule has 0 heterocycles. The molecule has 0 saturated carbocycles. The Labute approximate surface area is 264 Å². The first-order valence-corrected chi connectivity index (χ1v) is 13.0. The number of carboxylic acids is 1. The first-order valence-electron chi connectivity index (χ1n) is 11.5. The zero-order valence-electron chi connectivity index (χ0n) is 21.0. The summed E-state index contributed by atoms with van der Waals surface area (Å²) in [4.78, 5) is 45.7. The molecule has 0 aromatic heterocycles. The maximum atomic E-state index is 11.1. The minimum absolute atomic E-state index is 0. The molecule has 0 spiro atoms. The van der Waals surface area contributed by atoms with Crippen molar-refractivity contribution in [2.75, 3.05) is 6.61 Å². The van der Waals surface area contributed by atoms with Crippen LogP contribution in [0.4, 0.5) is 0 Å². The fraction of sp³-hybridized carbons (Fsp3) is 0.818.